The second-order valence-electron chi connectivity index (χ2n) is 4.98. The molecular weight excluding hydrogens is 444 g/mol. The van der Waals surface area contributed by atoms with Crippen molar-refractivity contribution >= 4 is 49.8 Å². The van der Waals surface area contributed by atoms with Crippen molar-refractivity contribution in [3.63, 3.8) is 0 Å². The van der Waals surface area contributed by atoms with Gasteiger partial charge in [0, 0.05) is 6.04 Å². The fourth-order valence-electron chi connectivity index (χ4n) is 1.65. The maximum atomic E-state index is 11.9. The number of hydrogen-bond acceptors (Lipinski definition) is 5. The summed E-state index contributed by atoms with van der Waals surface area (Å²) in [6.07, 6.45) is 1.47. The van der Waals surface area contributed by atoms with Gasteiger partial charge in [-0.2, -0.15) is 5.26 Å². The van der Waals surface area contributed by atoms with Crippen LogP contribution in [0, 0.1) is 11.3 Å². The summed E-state index contributed by atoms with van der Waals surface area (Å²) >= 11 is 6.68. The molecule has 0 bridgehead atoms. The van der Waals surface area contributed by atoms with Crippen LogP contribution in [-0.2, 0) is 14.3 Å². The summed E-state index contributed by atoms with van der Waals surface area (Å²) in [7, 11) is 1.27. The maximum absolute atomic E-state index is 11.9. The number of rotatable bonds is 6. The average Bonchev–Trinajstić information content (AvgIpc) is 2.50. The molecule has 0 unspecified atom stereocenters. The van der Waals surface area contributed by atoms with Gasteiger partial charge >= 0.3 is 5.97 Å². The van der Waals surface area contributed by atoms with Crippen molar-refractivity contribution in [2.24, 2.45) is 0 Å². The largest absolute Gasteiger partial charge is 0.480 e. The van der Waals surface area contributed by atoms with Crippen LogP contribution in [0.2, 0.25) is 0 Å². The molecule has 0 spiro atoms. The van der Waals surface area contributed by atoms with Crippen molar-refractivity contribution in [3.8, 4) is 11.8 Å². The van der Waals surface area contributed by atoms with E-state index in [1.54, 1.807) is 12.1 Å². The van der Waals surface area contributed by atoms with Crippen molar-refractivity contribution in [1.82, 2.24) is 5.32 Å². The Bertz CT molecular complexity index is 686. The Morgan fingerprint density at radius 2 is 1.92 bits per heavy atom. The van der Waals surface area contributed by atoms with Gasteiger partial charge in [0.05, 0.1) is 16.1 Å². The highest BCUT2D eigenvalue weighted by Gasteiger charge is 2.13. The van der Waals surface area contributed by atoms with Gasteiger partial charge in [-0.15, -0.1) is 0 Å². The lowest BCUT2D eigenvalue weighted by Crippen LogP contribution is -2.30. The van der Waals surface area contributed by atoms with Gasteiger partial charge in [-0.05, 0) is 69.5 Å². The van der Waals surface area contributed by atoms with Gasteiger partial charge in [0.1, 0.15) is 17.4 Å². The second kappa shape index (κ2) is 9.45. The number of halogens is 2. The van der Waals surface area contributed by atoms with Crippen molar-refractivity contribution < 1.29 is 19.1 Å². The zero-order valence-electron chi connectivity index (χ0n) is 13.4. The van der Waals surface area contributed by atoms with E-state index in [2.05, 4.69) is 41.9 Å². The van der Waals surface area contributed by atoms with Crippen LogP contribution in [-0.4, -0.2) is 31.6 Å². The minimum atomic E-state index is -0.505. The van der Waals surface area contributed by atoms with E-state index in [0.717, 1.165) is 0 Å². The molecule has 0 radical (unpaired) electrons. The molecule has 128 valence electrons. The van der Waals surface area contributed by atoms with Crippen LogP contribution in [0.25, 0.3) is 6.08 Å². The Kier molecular flexibility index (Phi) is 7.95. The minimum Gasteiger partial charge on any atom is -0.480 e. The van der Waals surface area contributed by atoms with E-state index in [0.29, 0.717) is 20.3 Å². The van der Waals surface area contributed by atoms with Crippen LogP contribution in [0.3, 0.4) is 0 Å². The van der Waals surface area contributed by atoms with Crippen LogP contribution in [0.1, 0.15) is 19.4 Å². The van der Waals surface area contributed by atoms with E-state index >= 15 is 0 Å². The Morgan fingerprint density at radius 3 is 2.38 bits per heavy atom. The van der Waals surface area contributed by atoms with Crippen LogP contribution < -0.4 is 10.1 Å². The lowest BCUT2D eigenvalue weighted by atomic mass is 10.1. The first-order valence-electron chi connectivity index (χ1n) is 6.89. The predicted molar refractivity (Wildman–Crippen MR) is 96.2 cm³/mol. The standard InChI is InChI=1S/C16H16Br2N2O4/c1-9(2)20-16(22)11(7-19)4-10-5-12(17)15(13(18)6-10)24-8-14(21)23-3/h4-6,9H,8H2,1-3H3,(H,20,22)/b11-4-. The number of esters is 1. The van der Waals surface area contributed by atoms with Crippen LogP contribution >= 0.6 is 31.9 Å². The van der Waals surface area contributed by atoms with Gasteiger partial charge in [-0.25, -0.2) is 4.79 Å². The molecule has 0 atom stereocenters. The van der Waals surface area contributed by atoms with Gasteiger partial charge in [0.15, 0.2) is 6.61 Å². The number of benzene rings is 1. The molecule has 0 heterocycles. The van der Waals surface area contributed by atoms with Gasteiger partial charge in [0.25, 0.3) is 5.91 Å². The molecule has 0 aromatic heterocycles. The monoisotopic (exact) mass is 458 g/mol. The summed E-state index contributed by atoms with van der Waals surface area (Å²) in [6.45, 7) is 3.39. The summed E-state index contributed by atoms with van der Waals surface area (Å²) in [5.74, 6) is -0.525. The van der Waals surface area contributed by atoms with Crippen molar-refractivity contribution in [1.29, 1.82) is 5.26 Å². The Morgan fingerprint density at radius 1 is 1.33 bits per heavy atom. The molecule has 1 aromatic rings. The van der Waals surface area contributed by atoms with Crippen molar-refractivity contribution in [2.75, 3.05) is 13.7 Å². The summed E-state index contributed by atoms with van der Waals surface area (Å²) in [6, 6.07) is 5.17. The molecule has 1 amide bonds. The van der Waals surface area contributed by atoms with Gasteiger partial charge in [0.2, 0.25) is 0 Å². The third-order valence-electron chi connectivity index (χ3n) is 2.68. The summed E-state index contributed by atoms with van der Waals surface area (Å²) in [4.78, 5) is 23.1. The first-order valence-corrected chi connectivity index (χ1v) is 8.48. The van der Waals surface area contributed by atoms with E-state index in [1.807, 2.05) is 19.9 Å². The molecule has 0 aliphatic carbocycles. The summed E-state index contributed by atoms with van der Waals surface area (Å²) in [5.41, 5.74) is 0.611. The minimum absolute atomic E-state index is 0.00858. The van der Waals surface area contributed by atoms with Crippen molar-refractivity contribution in [3.05, 3.63) is 32.2 Å². The van der Waals surface area contributed by atoms with E-state index in [4.69, 9.17) is 10.00 Å². The normalized spacial score (nSPS) is 11.0. The van der Waals surface area contributed by atoms with Gasteiger partial charge < -0.3 is 14.8 Å². The SMILES string of the molecule is COC(=O)COc1c(Br)cc(/C=C(/C#N)C(=O)NC(C)C)cc1Br. The number of hydrogen-bond donors (Lipinski definition) is 1. The van der Waals surface area contributed by atoms with Gasteiger partial charge in [-0.3, -0.25) is 4.79 Å². The lowest BCUT2D eigenvalue weighted by Gasteiger charge is -2.11. The highest BCUT2D eigenvalue weighted by molar-refractivity contribution is 9.11. The smallest absolute Gasteiger partial charge is 0.343 e. The Hall–Kier alpha value is -1.85. The van der Waals surface area contributed by atoms with E-state index in [-0.39, 0.29) is 18.2 Å². The summed E-state index contributed by atoms with van der Waals surface area (Å²) < 4.78 is 11.0. The fraction of sp³-hybridized carbons (Fsp3) is 0.312. The number of nitriles is 1. The second-order valence-corrected chi connectivity index (χ2v) is 6.69. The maximum Gasteiger partial charge on any atom is 0.343 e. The zero-order valence-corrected chi connectivity index (χ0v) is 16.5. The van der Waals surface area contributed by atoms with Crippen LogP contribution in [0.4, 0.5) is 0 Å². The van der Waals surface area contributed by atoms with E-state index < -0.39 is 11.9 Å². The molecule has 24 heavy (non-hydrogen) atoms. The van der Waals surface area contributed by atoms with Crippen molar-refractivity contribution in [2.45, 2.75) is 19.9 Å². The molecule has 1 aromatic carbocycles. The number of methoxy groups -OCH3 is 1. The number of ether oxygens (including phenoxy) is 2. The molecule has 0 aliphatic heterocycles. The van der Waals surface area contributed by atoms with Crippen LogP contribution in [0.15, 0.2) is 26.7 Å². The van der Waals surface area contributed by atoms with E-state index in [1.165, 1.54) is 13.2 Å². The topological polar surface area (TPSA) is 88.4 Å². The number of nitrogens with zero attached hydrogens (tertiary/aromatic N) is 1. The molecule has 0 fully saturated rings. The number of carbonyl (C=O) groups is 2. The molecule has 0 saturated heterocycles. The Balaban J connectivity index is 3.06. The highest BCUT2D eigenvalue weighted by atomic mass is 79.9. The molecule has 0 saturated carbocycles. The lowest BCUT2D eigenvalue weighted by molar-refractivity contribution is -0.142. The first kappa shape index (κ1) is 20.2. The first-order chi connectivity index (χ1) is 11.3. The molecular formula is C16H16Br2N2O4. The number of carbonyl (C=O) groups excluding carboxylic acids is 2. The fourth-order valence-corrected chi connectivity index (χ4v) is 3.10. The third-order valence-corrected chi connectivity index (χ3v) is 3.86. The van der Waals surface area contributed by atoms with E-state index in [9.17, 15) is 9.59 Å². The number of amides is 1. The van der Waals surface area contributed by atoms with Gasteiger partial charge in [-0.1, -0.05) is 0 Å². The average molecular weight is 460 g/mol. The summed E-state index contributed by atoms with van der Waals surface area (Å²) in [5, 5.41) is 11.8. The highest BCUT2D eigenvalue weighted by Crippen LogP contribution is 2.35. The molecule has 0 aliphatic rings. The molecule has 1 N–H and O–H groups in total. The molecule has 8 heteroatoms. The predicted octanol–water partition coefficient (Wildman–Crippen LogP) is 3.19. The third kappa shape index (κ3) is 5.98. The Labute approximate surface area is 157 Å². The van der Waals surface area contributed by atoms with Crippen LogP contribution in [0.5, 0.6) is 5.75 Å². The number of nitrogens with one attached hydrogen (secondary N) is 1. The molecule has 1 rings (SSSR count). The molecule has 6 nitrogen and oxygen atoms in total. The quantitative estimate of drug-likeness (QED) is 0.401. The zero-order chi connectivity index (χ0) is 18.3.